The molecule has 0 amide bonds. The summed E-state index contributed by atoms with van der Waals surface area (Å²) in [5, 5.41) is 9.09. The quantitative estimate of drug-likeness (QED) is 0.749. The Balaban J connectivity index is 1.93. The van der Waals surface area contributed by atoms with Crippen LogP contribution in [-0.4, -0.2) is 52.4 Å². The highest BCUT2D eigenvalue weighted by atomic mass is 32.2. The molecule has 144 valence electrons. The number of anilines is 1. The van der Waals surface area contributed by atoms with Crippen LogP contribution in [-0.2, 0) is 16.4 Å². The van der Waals surface area contributed by atoms with Gasteiger partial charge in [0, 0.05) is 18.4 Å². The van der Waals surface area contributed by atoms with Crippen molar-refractivity contribution in [3.05, 3.63) is 47.5 Å². The molecule has 2 aromatic rings. The maximum Gasteiger partial charge on any atom is 0.188 e. The fraction of sp³-hybridized carbons (Fsp3) is 0.316. The third kappa shape index (κ3) is 4.06. The fourth-order valence-electron chi connectivity index (χ4n) is 3.04. The summed E-state index contributed by atoms with van der Waals surface area (Å²) in [6.45, 7) is 1.05. The van der Waals surface area contributed by atoms with Gasteiger partial charge in [-0.1, -0.05) is 6.07 Å². The molecule has 0 fully saturated rings. The zero-order chi connectivity index (χ0) is 19.6. The van der Waals surface area contributed by atoms with Gasteiger partial charge in [-0.2, -0.15) is 0 Å². The minimum atomic E-state index is -3.38. The first-order valence-electron chi connectivity index (χ1n) is 8.36. The van der Waals surface area contributed by atoms with Gasteiger partial charge in [-0.15, -0.1) is 0 Å². The lowest BCUT2D eigenvalue weighted by Gasteiger charge is -2.31. The lowest BCUT2D eigenvalue weighted by molar-refractivity contribution is 0.0903. The number of aliphatic hydroxyl groups excluding tert-OH is 1. The summed E-state index contributed by atoms with van der Waals surface area (Å²) in [6.07, 6.45) is 1.14. The number of Topliss-reactive ketones (excluding diaryl/α,β-unsaturated/α-hetero) is 1. The van der Waals surface area contributed by atoms with E-state index in [1.807, 2.05) is 4.90 Å². The third-order valence-electron chi connectivity index (χ3n) is 4.38. The van der Waals surface area contributed by atoms with Crippen LogP contribution in [0.4, 0.5) is 5.69 Å². The van der Waals surface area contributed by atoms with E-state index in [0.717, 1.165) is 17.5 Å². The topological polar surface area (TPSA) is 93.1 Å². The highest BCUT2D eigenvalue weighted by Crippen LogP contribution is 2.34. The molecule has 0 aromatic heterocycles. The lowest BCUT2D eigenvalue weighted by atomic mass is 10.1. The van der Waals surface area contributed by atoms with Gasteiger partial charge in [-0.3, -0.25) is 4.79 Å². The van der Waals surface area contributed by atoms with Crippen LogP contribution in [0, 0.1) is 0 Å². The van der Waals surface area contributed by atoms with Crippen molar-refractivity contribution >= 4 is 21.3 Å². The molecular weight excluding hydrogens is 370 g/mol. The summed E-state index contributed by atoms with van der Waals surface area (Å²) in [7, 11) is -1.95. The number of rotatable bonds is 6. The van der Waals surface area contributed by atoms with Crippen molar-refractivity contribution in [2.75, 3.05) is 38.0 Å². The highest BCUT2D eigenvalue weighted by Gasteiger charge is 2.21. The molecule has 0 saturated heterocycles. The molecule has 0 atom stereocenters. The van der Waals surface area contributed by atoms with Crippen LogP contribution < -0.4 is 14.4 Å². The van der Waals surface area contributed by atoms with Gasteiger partial charge in [0.05, 0.1) is 19.3 Å². The average molecular weight is 391 g/mol. The Labute approximate surface area is 158 Å². The zero-order valence-electron chi connectivity index (χ0n) is 15.1. The number of hydrogen-bond acceptors (Lipinski definition) is 7. The van der Waals surface area contributed by atoms with Crippen LogP contribution in [0.15, 0.2) is 41.3 Å². The summed E-state index contributed by atoms with van der Waals surface area (Å²) < 4.78 is 34.6. The molecular formula is C19H21NO6S. The first-order valence-corrected chi connectivity index (χ1v) is 10.3. The number of hydrogen-bond donors (Lipinski definition) is 1. The first-order chi connectivity index (χ1) is 12.8. The molecule has 2 aromatic carbocycles. The molecule has 1 aliphatic heterocycles. The Bertz CT molecular complexity index is 970. The minimum Gasteiger partial charge on any atom is -0.495 e. The Morgan fingerprint density at radius 2 is 2.04 bits per heavy atom. The molecule has 0 saturated carbocycles. The Kier molecular flexibility index (Phi) is 5.38. The largest absolute Gasteiger partial charge is 0.495 e. The number of benzene rings is 2. The predicted octanol–water partition coefficient (Wildman–Crippen LogP) is 1.67. The SMILES string of the molecule is COc1cc(CN2CCOc3ccc(C(=O)CO)cc32)ccc1S(C)(=O)=O. The van der Waals surface area contributed by atoms with Crippen LogP contribution in [0.5, 0.6) is 11.5 Å². The van der Waals surface area contributed by atoms with Crippen molar-refractivity contribution < 1.29 is 27.8 Å². The van der Waals surface area contributed by atoms with Crippen LogP contribution in [0.3, 0.4) is 0 Å². The van der Waals surface area contributed by atoms with E-state index in [0.29, 0.717) is 36.8 Å². The number of carbonyl (C=O) groups is 1. The molecule has 0 aliphatic carbocycles. The first kappa shape index (κ1) is 19.2. The zero-order valence-corrected chi connectivity index (χ0v) is 16.0. The monoisotopic (exact) mass is 391 g/mol. The van der Waals surface area contributed by atoms with Gasteiger partial charge >= 0.3 is 0 Å². The average Bonchev–Trinajstić information content (AvgIpc) is 2.66. The van der Waals surface area contributed by atoms with Crippen LogP contribution in [0.1, 0.15) is 15.9 Å². The number of carbonyl (C=O) groups excluding carboxylic acids is 1. The Hall–Kier alpha value is -2.58. The van der Waals surface area contributed by atoms with E-state index in [1.54, 1.807) is 30.3 Å². The molecule has 7 nitrogen and oxygen atoms in total. The van der Waals surface area contributed by atoms with Gasteiger partial charge in [0.25, 0.3) is 0 Å². The standard InChI is InChI=1S/C19H21NO6S/c1-25-18-9-13(3-6-19(18)27(2,23)24)11-20-7-8-26-17-5-4-14(10-15(17)20)16(22)12-21/h3-6,9-10,21H,7-8,11-12H2,1-2H3. The summed E-state index contributed by atoms with van der Waals surface area (Å²) in [5.41, 5.74) is 2.04. The number of sulfone groups is 1. The lowest BCUT2D eigenvalue weighted by Crippen LogP contribution is -2.32. The van der Waals surface area contributed by atoms with E-state index in [2.05, 4.69) is 0 Å². The van der Waals surface area contributed by atoms with Crippen molar-refractivity contribution in [3.63, 3.8) is 0 Å². The van der Waals surface area contributed by atoms with Crippen LogP contribution in [0.25, 0.3) is 0 Å². The fourth-order valence-corrected chi connectivity index (χ4v) is 3.86. The van der Waals surface area contributed by atoms with E-state index in [9.17, 15) is 13.2 Å². The number of ketones is 1. The van der Waals surface area contributed by atoms with Crippen molar-refractivity contribution in [2.45, 2.75) is 11.4 Å². The van der Waals surface area contributed by atoms with Crippen LogP contribution in [0.2, 0.25) is 0 Å². The maximum atomic E-state index is 11.8. The Morgan fingerprint density at radius 3 is 2.70 bits per heavy atom. The van der Waals surface area contributed by atoms with E-state index in [1.165, 1.54) is 13.2 Å². The molecule has 1 N–H and O–H groups in total. The number of methoxy groups -OCH3 is 1. The van der Waals surface area contributed by atoms with E-state index in [4.69, 9.17) is 14.6 Å². The molecule has 3 rings (SSSR count). The van der Waals surface area contributed by atoms with Crippen molar-refractivity contribution in [2.24, 2.45) is 0 Å². The number of nitrogens with zero attached hydrogens (tertiary/aromatic N) is 1. The van der Waals surface area contributed by atoms with Gasteiger partial charge in [-0.05, 0) is 35.9 Å². The second-order valence-electron chi connectivity index (χ2n) is 6.29. The smallest absolute Gasteiger partial charge is 0.188 e. The normalized spacial score (nSPS) is 13.7. The highest BCUT2D eigenvalue weighted by molar-refractivity contribution is 7.90. The molecule has 1 heterocycles. The van der Waals surface area contributed by atoms with Crippen molar-refractivity contribution in [1.82, 2.24) is 0 Å². The van der Waals surface area contributed by atoms with Crippen LogP contribution >= 0.6 is 0 Å². The second-order valence-corrected chi connectivity index (χ2v) is 8.28. The maximum absolute atomic E-state index is 11.8. The number of fused-ring (bicyclic) bond motifs is 1. The second kappa shape index (κ2) is 7.58. The summed E-state index contributed by atoms with van der Waals surface area (Å²) >= 11 is 0. The molecule has 27 heavy (non-hydrogen) atoms. The van der Waals surface area contributed by atoms with Gasteiger partial charge in [-0.25, -0.2) is 8.42 Å². The molecule has 1 aliphatic rings. The third-order valence-corrected chi connectivity index (χ3v) is 5.52. The predicted molar refractivity (Wildman–Crippen MR) is 101 cm³/mol. The number of aliphatic hydroxyl groups is 1. The molecule has 0 radical (unpaired) electrons. The molecule has 0 spiro atoms. The van der Waals surface area contributed by atoms with Gasteiger partial charge in [0.15, 0.2) is 15.6 Å². The molecule has 0 bridgehead atoms. The van der Waals surface area contributed by atoms with E-state index in [-0.39, 0.29) is 10.7 Å². The van der Waals surface area contributed by atoms with E-state index >= 15 is 0 Å². The van der Waals surface area contributed by atoms with Crippen molar-refractivity contribution in [3.8, 4) is 11.5 Å². The van der Waals surface area contributed by atoms with Gasteiger partial charge in [0.1, 0.15) is 29.6 Å². The minimum absolute atomic E-state index is 0.145. The van der Waals surface area contributed by atoms with E-state index < -0.39 is 16.4 Å². The number of ether oxygens (including phenoxy) is 2. The Morgan fingerprint density at radius 1 is 1.26 bits per heavy atom. The summed E-state index contributed by atoms with van der Waals surface area (Å²) in [5.74, 6) is 0.602. The van der Waals surface area contributed by atoms with Gasteiger partial charge < -0.3 is 19.5 Å². The molecule has 8 heteroatoms. The summed E-state index contributed by atoms with van der Waals surface area (Å²) in [4.78, 5) is 14.0. The molecule has 0 unspecified atom stereocenters. The van der Waals surface area contributed by atoms with Gasteiger partial charge in [0.2, 0.25) is 0 Å². The summed E-state index contributed by atoms with van der Waals surface area (Å²) in [6, 6.07) is 10.0. The van der Waals surface area contributed by atoms with Crippen molar-refractivity contribution in [1.29, 1.82) is 0 Å².